The fourth-order valence-electron chi connectivity index (χ4n) is 1.25. The van der Waals surface area contributed by atoms with E-state index in [1.807, 2.05) is 17.5 Å². The van der Waals surface area contributed by atoms with Crippen molar-refractivity contribution in [3.8, 4) is 0 Å². The number of amides is 2. The lowest BCUT2D eigenvalue weighted by Gasteiger charge is -2.16. The van der Waals surface area contributed by atoms with E-state index in [9.17, 15) is 9.59 Å². The summed E-state index contributed by atoms with van der Waals surface area (Å²) in [6.45, 7) is 0.789. The van der Waals surface area contributed by atoms with Gasteiger partial charge in [-0.2, -0.15) is 0 Å². The maximum absolute atomic E-state index is 11.5. The van der Waals surface area contributed by atoms with Crippen molar-refractivity contribution >= 4 is 23.3 Å². The number of carboxylic acid groups (broad SMARTS) is 1. The molecule has 0 aliphatic rings. The second-order valence-electron chi connectivity index (χ2n) is 3.63. The maximum Gasteiger partial charge on any atom is 0.317 e. The van der Waals surface area contributed by atoms with Crippen molar-refractivity contribution in [2.45, 2.75) is 12.8 Å². The number of nitrogens with zero attached hydrogens (tertiary/aromatic N) is 1. The van der Waals surface area contributed by atoms with E-state index < -0.39 is 5.97 Å². The fourth-order valence-corrected chi connectivity index (χ4v) is 1.96. The van der Waals surface area contributed by atoms with Crippen molar-refractivity contribution in [2.24, 2.45) is 0 Å². The first-order chi connectivity index (χ1) is 8.09. The molecule has 1 aromatic heterocycles. The number of hydrogen-bond acceptors (Lipinski definition) is 3. The van der Waals surface area contributed by atoms with Crippen LogP contribution in [0.1, 0.15) is 11.3 Å². The summed E-state index contributed by atoms with van der Waals surface area (Å²) in [6.07, 6.45) is 0.769. The molecule has 0 aliphatic carbocycles. The zero-order valence-electron chi connectivity index (χ0n) is 9.68. The molecule has 0 saturated carbocycles. The van der Waals surface area contributed by atoms with Crippen molar-refractivity contribution in [1.82, 2.24) is 10.2 Å². The summed E-state index contributed by atoms with van der Waals surface area (Å²) < 4.78 is 0. The van der Waals surface area contributed by atoms with Gasteiger partial charge < -0.3 is 15.3 Å². The van der Waals surface area contributed by atoms with Crippen LogP contribution < -0.4 is 5.32 Å². The average Bonchev–Trinajstić information content (AvgIpc) is 2.78. The van der Waals surface area contributed by atoms with Crippen LogP contribution in [0.15, 0.2) is 17.5 Å². The molecule has 0 radical (unpaired) electrons. The molecule has 5 nitrogen and oxygen atoms in total. The van der Waals surface area contributed by atoms with Crippen molar-refractivity contribution in [2.75, 3.05) is 20.1 Å². The summed E-state index contributed by atoms with van der Waals surface area (Å²) >= 11 is 1.65. The monoisotopic (exact) mass is 256 g/mol. The van der Waals surface area contributed by atoms with E-state index in [0.29, 0.717) is 6.54 Å². The molecule has 1 aromatic rings. The van der Waals surface area contributed by atoms with Crippen LogP contribution in [0.25, 0.3) is 0 Å². The minimum atomic E-state index is -0.900. The van der Waals surface area contributed by atoms with Crippen LogP contribution in [0.2, 0.25) is 0 Å². The largest absolute Gasteiger partial charge is 0.481 e. The van der Waals surface area contributed by atoms with Gasteiger partial charge in [0.2, 0.25) is 0 Å². The van der Waals surface area contributed by atoms with E-state index >= 15 is 0 Å². The van der Waals surface area contributed by atoms with Gasteiger partial charge >= 0.3 is 12.0 Å². The minimum Gasteiger partial charge on any atom is -0.481 e. The first-order valence-electron chi connectivity index (χ1n) is 5.32. The Morgan fingerprint density at radius 1 is 1.53 bits per heavy atom. The topological polar surface area (TPSA) is 69.6 Å². The van der Waals surface area contributed by atoms with Gasteiger partial charge in [-0.25, -0.2) is 4.79 Å². The van der Waals surface area contributed by atoms with Gasteiger partial charge in [-0.1, -0.05) is 6.07 Å². The SMILES string of the molecule is CN(CCC(=O)O)C(=O)NCCc1cccs1. The van der Waals surface area contributed by atoms with Gasteiger partial charge in [-0.15, -0.1) is 11.3 Å². The average molecular weight is 256 g/mol. The van der Waals surface area contributed by atoms with Crippen molar-refractivity contribution < 1.29 is 14.7 Å². The lowest BCUT2D eigenvalue weighted by Crippen LogP contribution is -2.39. The molecular weight excluding hydrogens is 240 g/mol. The van der Waals surface area contributed by atoms with Gasteiger partial charge in [0.1, 0.15) is 0 Å². The molecule has 0 unspecified atom stereocenters. The van der Waals surface area contributed by atoms with Crippen LogP contribution in [0, 0.1) is 0 Å². The fraction of sp³-hybridized carbons (Fsp3) is 0.455. The molecule has 0 aromatic carbocycles. The molecule has 2 N–H and O–H groups in total. The molecule has 0 bridgehead atoms. The molecule has 0 saturated heterocycles. The molecule has 0 fully saturated rings. The summed E-state index contributed by atoms with van der Waals surface area (Å²) in [7, 11) is 1.59. The van der Waals surface area contributed by atoms with Crippen molar-refractivity contribution in [3.05, 3.63) is 22.4 Å². The van der Waals surface area contributed by atoms with E-state index in [1.54, 1.807) is 18.4 Å². The Kier molecular flexibility index (Phi) is 5.48. The van der Waals surface area contributed by atoms with E-state index in [0.717, 1.165) is 6.42 Å². The van der Waals surface area contributed by atoms with Gasteiger partial charge in [0, 0.05) is 25.0 Å². The number of aliphatic carboxylic acids is 1. The number of hydrogen-bond donors (Lipinski definition) is 2. The summed E-state index contributed by atoms with van der Waals surface area (Å²) in [5.74, 6) is -0.900. The van der Waals surface area contributed by atoms with E-state index in [-0.39, 0.29) is 19.0 Å². The molecule has 2 amide bonds. The predicted molar refractivity (Wildman–Crippen MR) is 66.3 cm³/mol. The first kappa shape index (κ1) is 13.5. The molecule has 94 valence electrons. The zero-order valence-corrected chi connectivity index (χ0v) is 10.5. The Hall–Kier alpha value is -1.56. The van der Waals surface area contributed by atoms with E-state index in [1.165, 1.54) is 9.78 Å². The highest BCUT2D eigenvalue weighted by Crippen LogP contribution is 2.08. The van der Waals surface area contributed by atoms with Gasteiger partial charge in [0.15, 0.2) is 0 Å². The molecule has 0 spiro atoms. The third-order valence-corrected chi connectivity index (χ3v) is 3.17. The molecule has 6 heteroatoms. The summed E-state index contributed by atoms with van der Waals surface area (Å²) in [5, 5.41) is 13.2. The summed E-state index contributed by atoms with van der Waals surface area (Å²) in [5.41, 5.74) is 0. The smallest absolute Gasteiger partial charge is 0.317 e. The van der Waals surface area contributed by atoms with Crippen LogP contribution in [0.5, 0.6) is 0 Å². The molecule has 0 atom stereocenters. The Bertz CT molecular complexity index is 365. The lowest BCUT2D eigenvalue weighted by molar-refractivity contribution is -0.137. The van der Waals surface area contributed by atoms with Crippen LogP contribution >= 0.6 is 11.3 Å². The van der Waals surface area contributed by atoms with Gasteiger partial charge in [-0.05, 0) is 17.9 Å². The van der Waals surface area contributed by atoms with Gasteiger partial charge in [0.05, 0.1) is 6.42 Å². The summed E-state index contributed by atoms with van der Waals surface area (Å²) in [6, 6.07) is 3.76. The Morgan fingerprint density at radius 3 is 2.88 bits per heavy atom. The Morgan fingerprint density at radius 2 is 2.29 bits per heavy atom. The maximum atomic E-state index is 11.5. The number of carbonyl (C=O) groups is 2. The van der Waals surface area contributed by atoms with Crippen LogP contribution in [0.4, 0.5) is 4.79 Å². The van der Waals surface area contributed by atoms with Crippen LogP contribution in [-0.2, 0) is 11.2 Å². The highest BCUT2D eigenvalue weighted by atomic mass is 32.1. The third-order valence-electron chi connectivity index (χ3n) is 2.24. The number of urea groups is 1. The lowest BCUT2D eigenvalue weighted by atomic mass is 10.3. The van der Waals surface area contributed by atoms with E-state index in [4.69, 9.17) is 5.11 Å². The molecule has 1 rings (SSSR count). The van der Waals surface area contributed by atoms with Gasteiger partial charge in [0.25, 0.3) is 0 Å². The number of rotatable bonds is 6. The molecule has 0 aliphatic heterocycles. The van der Waals surface area contributed by atoms with E-state index in [2.05, 4.69) is 5.32 Å². The second kappa shape index (κ2) is 6.90. The number of nitrogens with one attached hydrogen (secondary N) is 1. The third kappa shape index (κ3) is 5.35. The molecular formula is C11H16N2O3S. The standard InChI is InChI=1S/C11H16N2O3S/c1-13(7-5-10(14)15)11(16)12-6-4-9-3-2-8-17-9/h2-3,8H,4-7H2,1H3,(H,12,16)(H,14,15). The predicted octanol–water partition coefficient (Wildman–Crippen LogP) is 1.41. The van der Waals surface area contributed by atoms with Crippen LogP contribution in [-0.4, -0.2) is 42.1 Å². The molecule has 1 heterocycles. The quantitative estimate of drug-likeness (QED) is 0.808. The van der Waals surface area contributed by atoms with Crippen molar-refractivity contribution in [1.29, 1.82) is 0 Å². The number of carboxylic acids is 1. The Balaban J connectivity index is 2.17. The second-order valence-corrected chi connectivity index (χ2v) is 4.66. The summed E-state index contributed by atoms with van der Waals surface area (Å²) in [4.78, 5) is 24.4. The highest BCUT2D eigenvalue weighted by Gasteiger charge is 2.09. The Labute approximate surface area is 104 Å². The zero-order chi connectivity index (χ0) is 12.7. The minimum absolute atomic E-state index is 0.0329. The van der Waals surface area contributed by atoms with Gasteiger partial charge in [-0.3, -0.25) is 4.79 Å². The molecule has 17 heavy (non-hydrogen) atoms. The number of thiophene rings is 1. The first-order valence-corrected chi connectivity index (χ1v) is 6.20. The number of carbonyl (C=O) groups excluding carboxylic acids is 1. The highest BCUT2D eigenvalue weighted by molar-refractivity contribution is 7.09. The van der Waals surface area contributed by atoms with Crippen LogP contribution in [0.3, 0.4) is 0 Å². The normalized spacial score (nSPS) is 9.94. The van der Waals surface area contributed by atoms with Crippen molar-refractivity contribution in [3.63, 3.8) is 0 Å².